The van der Waals surface area contributed by atoms with Crippen LogP contribution < -0.4 is 0 Å². The van der Waals surface area contributed by atoms with Crippen molar-refractivity contribution >= 4 is 64.9 Å². The predicted octanol–water partition coefficient (Wildman–Crippen LogP) is 33.0. The van der Waals surface area contributed by atoms with Crippen LogP contribution in [0, 0.1) is 35.9 Å². The van der Waals surface area contributed by atoms with Crippen LogP contribution in [0.5, 0.6) is 0 Å². The quantitative estimate of drug-likeness (QED) is 0.0262. The Bertz CT molecular complexity index is 6780. The maximum Gasteiger partial charge on any atom is 0.418 e. The van der Waals surface area contributed by atoms with Crippen LogP contribution in [0.25, 0.3) is 154 Å². The standard InChI is InChI=1S/C32H27F3N.C31H27FN.C26H21F3N.C25H21FN.4Ir/c1-2-3-4-5-9-22-14-16-23(17-15-22)25-11-8-12-26(20-25)31-28-19-18-24-10-6-7-13-27(24)30(28)29(21-36-31)32(33,34)35;1-2-3-4-5-8-22-11-13-24(14-12-22)29-21-25(16-18-30(29)32)31-28-17-15-23-9-6-7-10-26(23)27(28)19-20-33-31;1-2-3-6-18-9-11-19(12-10-18)21-15-22(17-23(16-21)26(27,28)29)25-14-13-20-7-4-5-8-24(20)30-25;1-2-3-6-18-9-11-19(12-10-18)21-15-22(17-23(26)16-21)25-14-13-20-7-4-5-8-24(20)27-25;;;;/h6-8,10-11,13-21H,2-5,9H2,1H3;6-7,9-15,17-21H,2-5,8H2,1H3;4-5,7-16H,2-3,6H2,1H3;4-5,7-16H,2-3,6H2,1H3;;;;/q4*-1;;;;. The summed E-state index contributed by atoms with van der Waals surface area (Å²) in [7, 11) is 0. The SMILES string of the molecule is CCCCCCc1ccc(-c2cc(-c3nccc4c3ccc3ccccc34)[c-]cc2F)cc1.CCCCCCc1ccc(-c2cc[c-]c(-c3ncc(C(F)(F)F)c4c3ccc3ccccc34)c2)cc1.CCCCc1ccc(-c2cc(-c3ccc4ccccc4n3)[c-]c(C(F)(F)F)c2)cc1.CCCCc1ccc(-c2cc(F)[c-]c(-c3ccc4ccccc4n3)c2)cc1.[Ir].[Ir].[Ir].[Ir]. The third-order valence-corrected chi connectivity index (χ3v) is 23.1. The summed E-state index contributed by atoms with van der Waals surface area (Å²) >= 11 is 0. The number of aryl methyl sites for hydroxylation is 4. The van der Waals surface area contributed by atoms with Gasteiger partial charge in [-0.3, -0.25) is 14.4 Å². The number of fused-ring (bicyclic) bond motifs is 8. The van der Waals surface area contributed by atoms with Crippen LogP contribution in [0.3, 0.4) is 0 Å². The Morgan fingerprint density at radius 3 is 1.28 bits per heavy atom. The maximum atomic E-state index is 14.8. The molecule has 0 fully saturated rings. The maximum absolute atomic E-state index is 14.8. The number of alkyl halides is 6. The average Bonchev–Trinajstić information content (AvgIpc) is 0.720. The minimum absolute atomic E-state index is 0. The molecular weight excluding hydrogens is 2350 g/mol. The fourth-order valence-corrected chi connectivity index (χ4v) is 16.2. The van der Waals surface area contributed by atoms with E-state index in [1.807, 2.05) is 170 Å². The van der Waals surface area contributed by atoms with E-state index in [2.05, 4.69) is 163 Å². The average molecular weight is 2440 g/mol. The molecule has 4 radical (unpaired) electrons. The van der Waals surface area contributed by atoms with E-state index in [4.69, 9.17) is 0 Å². The number of nitrogens with zero attached hydrogens (tertiary/aromatic N) is 4. The molecule has 0 saturated heterocycles. The van der Waals surface area contributed by atoms with Crippen LogP contribution in [0.15, 0.2) is 316 Å². The third-order valence-electron chi connectivity index (χ3n) is 23.1. The molecule has 4 heterocycles. The van der Waals surface area contributed by atoms with Gasteiger partial charge in [0.05, 0.1) is 16.6 Å². The number of hydrogen-bond donors (Lipinski definition) is 0. The zero-order valence-electron chi connectivity index (χ0n) is 72.5. The van der Waals surface area contributed by atoms with E-state index < -0.39 is 23.5 Å². The molecule has 0 amide bonds. The van der Waals surface area contributed by atoms with E-state index in [-0.39, 0.29) is 97.4 Å². The predicted molar refractivity (Wildman–Crippen MR) is 504 cm³/mol. The van der Waals surface area contributed by atoms with Gasteiger partial charge in [-0.1, -0.05) is 327 Å². The van der Waals surface area contributed by atoms with Gasteiger partial charge in [0.25, 0.3) is 0 Å². The molecule has 0 saturated carbocycles. The molecule has 0 aliphatic carbocycles. The molecule has 0 aliphatic heterocycles. The van der Waals surface area contributed by atoms with E-state index in [1.54, 1.807) is 30.3 Å². The Balaban J connectivity index is 0.000000167. The van der Waals surface area contributed by atoms with Gasteiger partial charge in [-0.25, -0.2) is 4.39 Å². The number of rotatable bonds is 24. The monoisotopic (exact) mass is 2440 g/mol. The molecule has 0 N–H and O–H groups in total. The van der Waals surface area contributed by atoms with Gasteiger partial charge in [-0.15, -0.1) is 106 Å². The van der Waals surface area contributed by atoms with Gasteiger partial charge in [0.15, 0.2) is 0 Å². The molecule has 4 aromatic heterocycles. The Labute approximate surface area is 810 Å². The first-order chi connectivity index (χ1) is 61.4. The van der Waals surface area contributed by atoms with Crippen molar-refractivity contribution in [3.05, 3.63) is 385 Å². The van der Waals surface area contributed by atoms with Gasteiger partial charge < -0.3 is 9.97 Å². The summed E-state index contributed by atoms with van der Waals surface area (Å²) < 4.78 is 112. The summed E-state index contributed by atoms with van der Waals surface area (Å²) in [6.45, 7) is 8.77. The molecule has 668 valence electrons. The molecule has 18 rings (SSSR count). The molecule has 0 unspecified atom stereocenters. The Kier molecular flexibility index (Phi) is 36.4. The largest absolute Gasteiger partial charge is 0.418 e. The van der Waals surface area contributed by atoms with Crippen molar-refractivity contribution in [1.82, 2.24) is 19.9 Å². The van der Waals surface area contributed by atoms with E-state index >= 15 is 0 Å². The van der Waals surface area contributed by atoms with Crippen LogP contribution in [-0.4, -0.2) is 19.9 Å². The van der Waals surface area contributed by atoms with Gasteiger partial charge in [-0.2, -0.15) is 26.3 Å². The van der Waals surface area contributed by atoms with Crippen molar-refractivity contribution in [3.63, 3.8) is 0 Å². The molecule has 14 aromatic carbocycles. The first kappa shape index (κ1) is 99.8. The molecular formula is C114H96F8Ir4N4-4. The van der Waals surface area contributed by atoms with Crippen molar-refractivity contribution in [1.29, 1.82) is 0 Å². The fraction of sp³-hybridized carbons (Fsp3) is 0.193. The zero-order valence-corrected chi connectivity index (χ0v) is 82.1. The molecule has 4 nitrogen and oxygen atoms in total. The van der Waals surface area contributed by atoms with Crippen molar-refractivity contribution in [2.45, 2.75) is 143 Å². The summed E-state index contributed by atoms with van der Waals surface area (Å²) in [5, 5.41) is 8.57. The fourth-order valence-electron chi connectivity index (χ4n) is 16.2. The minimum Gasteiger partial charge on any atom is -0.304 e. The van der Waals surface area contributed by atoms with E-state index in [0.29, 0.717) is 50.0 Å². The molecule has 130 heavy (non-hydrogen) atoms. The van der Waals surface area contributed by atoms with Crippen LogP contribution in [0.4, 0.5) is 35.1 Å². The molecule has 18 aromatic rings. The third kappa shape index (κ3) is 25.1. The van der Waals surface area contributed by atoms with E-state index in [9.17, 15) is 35.1 Å². The second-order valence-corrected chi connectivity index (χ2v) is 32.1. The topological polar surface area (TPSA) is 51.6 Å². The molecule has 0 aliphatic rings. The van der Waals surface area contributed by atoms with Gasteiger partial charge in [-0.05, 0) is 196 Å². The van der Waals surface area contributed by atoms with Crippen molar-refractivity contribution in [2.24, 2.45) is 0 Å². The van der Waals surface area contributed by atoms with Crippen molar-refractivity contribution in [2.75, 3.05) is 0 Å². The first-order valence-electron chi connectivity index (χ1n) is 43.7. The molecule has 0 spiro atoms. The summed E-state index contributed by atoms with van der Waals surface area (Å²) in [6.07, 6.45) is 12.5. The van der Waals surface area contributed by atoms with Gasteiger partial charge >= 0.3 is 12.4 Å². The Morgan fingerprint density at radius 2 is 0.754 bits per heavy atom. The number of hydrogen-bond acceptors (Lipinski definition) is 4. The smallest absolute Gasteiger partial charge is 0.304 e. The van der Waals surface area contributed by atoms with Gasteiger partial charge in [0.2, 0.25) is 0 Å². The number of pyridine rings is 4. The van der Waals surface area contributed by atoms with Gasteiger partial charge in [0.1, 0.15) is 0 Å². The van der Waals surface area contributed by atoms with Crippen molar-refractivity contribution < 1.29 is 116 Å². The summed E-state index contributed by atoms with van der Waals surface area (Å²) in [5.74, 6) is -0.632. The summed E-state index contributed by atoms with van der Waals surface area (Å²) in [4.78, 5) is 18.2. The normalized spacial score (nSPS) is 11.2. The first-order valence-corrected chi connectivity index (χ1v) is 43.7. The number of halogens is 8. The van der Waals surface area contributed by atoms with Crippen LogP contribution in [0.2, 0.25) is 0 Å². The number of para-hydroxylation sites is 2. The molecule has 0 atom stereocenters. The van der Waals surface area contributed by atoms with E-state index in [1.165, 1.54) is 109 Å². The second kappa shape index (κ2) is 47.4. The molecule has 0 bridgehead atoms. The minimum atomic E-state index is -4.50. The van der Waals surface area contributed by atoms with Crippen LogP contribution in [-0.2, 0) is 118 Å². The van der Waals surface area contributed by atoms with Crippen LogP contribution >= 0.6 is 0 Å². The Morgan fingerprint density at radius 1 is 0.315 bits per heavy atom. The Hall–Kier alpha value is -10.7. The second-order valence-electron chi connectivity index (χ2n) is 32.1. The van der Waals surface area contributed by atoms with E-state index in [0.717, 1.165) is 139 Å². The van der Waals surface area contributed by atoms with Crippen molar-refractivity contribution in [3.8, 4) is 89.5 Å². The van der Waals surface area contributed by atoms with Gasteiger partial charge in [0, 0.05) is 104 Å². The summed E-state index contributed by atoms with van der Waals surface area (Å²) in [5.41, 5.74) is 16.9. The number of benzene rings is 14. The summed E-state index contributed by atoms with van der Waals surface area (Å²) in [6, 6.07) is 108. The number of aromatic nitrogens is 4. The van der Waals surface area contributed by atoms with Crippen LogP contribution in [0.1, 0.15) is 138 Å². The zero-order chi connectivity index (χ0) is 87.5. The number of unbranched alkanes of at least 4 members (excludes halogenated alkanes) is 8. The molecule has 16 heteroatoms.